The molecule has 8 atom stereocenters. The molecular weight excluding hydrogens is 324 g/mol. The van der Waals surface area contributed by atoms with Gasteiger partial charge in [0.15, 0.2) is 0 Å². The van der Waals surface area contributed by atoms with E-state index in [1.807, 2.05) is 0 Å². The van der Waals surface area contributed by atoms with Gasteiger partial charge in [0.2, 0.25) is 0 Å². The Bertz CT molecular complexity index is 746. The summed E-state index contributed by atoms with van der Waals surface area (Å²) in [5.74, 6) is 8.65. The van der Waals surface area contributed by atoms with E-state index < -0.39 is 0 Å². The van der Waals surface area contributed by atoms with Crippen LogP contribution in [-0.2, 0) is 5.41 Å². The van der Waals surface area contributed by atoms with Gasteiger partial charge in [-0.05, 0) is 72.3 Å². The molecule has 0 nitrogen and oxygen atoms in total. The Balaban J connectivity index is 1.98. The van der Waals surface area contributed by atoms with Gasteiger partial charge in [0.25, 0.3) is 0 Å². The molecule has 8 unspecified atom stereocenters. The predicted octanol–water partition coefficient (Wildman–Crippen LogP) is 7.07. The Hall–Kier alpha value is -1.48. The SMILES string of the molecule is C#CC(C)(C)c1cccc(C(C)C2C(C)C(=C)C3C(CC)C(C)C(C)C32)c1. The lowest BCUT2D eigenvalue weighted by Gasteiger charge is -2.33. The van der Waals surface area contributed by atoms with Crippen molar-refractivity contribution in [3.05, 3.63) is 47.5 Å². The number of benzene rings is 1. The summed E-state index contributed by atoms with van der Waals surface area (Å²) in [5, 5.41) is 0. The van der Waals surface area contributed by atoms with Gasteiger partial charge in [-0.3, -0.25) is 0 Å². The fraction of sp³-hybridized carbons (Fsp3) is 0.630. The van der Waals surface area contributed by atoms with E-state index in [2.05, 4.69) is 85.2 Å². The van der Waals surface area contributed by atoms with Crippen LogP contribution in [0.2, 0.25) is 0 Å². The maximum Gasteiger partial charge on any atom is 0.0504 e. The third-order valence-electron chi connectivity index (χ3n) is 8.57. The van der Waals surface area contributed by atoms with E-state index in [1.54, 1.807) is 0 Å². The van der Waals surface area contributed by atoms with Crippen molar-refractivity contribution < 1.29 is 0 Å². The topological polar surface area (TPSA) is 0 Å². The van der Waals surface area contributed by atoms with Crippen LogP contribution in [0.3, 0.4) is 0 Å². The number of allylic oxidation sites excluding steroid dienone is 1. The van der Waals surface area contributed by atoms with Crippen molar-refractivity contribution in [1.82, 2.24) is 0 Å². The van der Waals surface area contributed by atoms with Crippen molar-refractivity contribution in [2.75, 3.05) is 0 Å². The summed E-state index contributed by atoms with van der Waals surface area (Å²) in [6.07, 6.45) is 7.08. The summed E-state index contributed by atoms with van der Waals surface area (Å²) in [6, 6.07) is 9.06. The minimum Gasteiger partial charge on any atom is -0.119 e. The Labute approximate surface area is 167 Å². The maximum absolute atomic E-state index is 5.80. The molecule has 0 bridgehead atoms. The van der Waals surface area contributed by atoms with Crippen LogP contribution in [-0.4, -0.2) is 0 Å². The Kier molecular flexibility index (Phi) is 5.37. The molecule has 0 radical (unpaired) electrons. The van der Waals surface area contributed by atoms with Gasteiger partial charge in [0, 0.05) is 0 Å². The molecule has 3 rings (SSSR count). The smallest absolute Gasteiger partial charge is 0.0504 e. The molecule has 27 heavy (non-hydrogen) atoms. The summed E-state index contributed by atoms with van der Waals surface area (Å²) in [5.41, 5.74) is 4.02. The van der Waals surface area contributed by atoms with Gasteiger partial charge in [-0.1, -0.05) is 83.4 Å². The highest BCUT2D eigenvalue weighted by molar-refractivity contribution is 5.37. The second kappa shape index (κ2) is 7.16. The van der Waals surface area contributed by atoms with Crippen LogP contribution in [0.1, 0.15) is 71.9 Å². The molecule has 0 aromatic heterocycles. The van der Waals surface area contributed by atoms with Crippen LogP contribution in [0.25, 0.3) is 0 Å². The first-order chi connectivity index (χ1) is 12.7. The minimum absolute atomic E-state index is 0.217. The van der Waals surface area contributed by atoms with Crippen molar-refractivity contribution in [3.63, 3.8) is 0 Å². The molecule has 0 spiro atoms. The zero-order valence-corrected chi connectivity index (χ0v) is 18.4. The summed E-state index contributed by atoms with van der Waals surface area (Å²) < 4.78 is 0. The number of fused-ring (bicyclic) bond motifs is 1. The van der Waals surface area contributed by atoms with Gasteiger partial charge >= 0.3 is 0 Å². The zero-order chi connectivity index (χ0) is 20.1. The number of rotatable bonds is 4. The normalized spacial score (nSPS) is 37.1. The molecule has 1 aromatic rings. The third kappa shape index (κ3) is 3.08. The van der Waals surface area contributed by atoms with Crippen LogP contribution in [0.5, 0.6) is 0 Å². The molecule has 0 saturated heterocycles. The van der Waals surface area contributed by atoms with Gasteiger partial charge in [-0.2, -0.15) is 0 Å². The highest BCUT2D eigenvalue weighted by Crippen LogP contribution is 2.63. The number of hydrogen-bond acceptors (Lipinski definition) is 0. The molecule has 2 fully saturated rings. The first kappa shape index (κ1) is 20.3. The number of hydrogen-bond donors (Lipinski definition) is 0. The largest absolute Gasteiger partial charge is 0.119 e. The van der Waals surface area contributed by atoms with Crippen molar-refractivity contribution in [1.29, 1.82) is 0 Å². The first-order valence-electron chi connectivity index (χ1n) is 10.9. The quantitative estimate of drug-likeness (QED) is 0.397. The van der Waals surface area contributed by atoms with Crippen molar-refractivity contribution >= 4 is 0 Å². The molecule has 0 heteroatoms. The molecular formula is C27H38. The summed E-state index contributed by atoms with van der Waals surface area (Å²) in [6.45, 7) is 21.1. The third-order valence-corrected chi connectivity index (χ3v) is 8.57. The molecule has 0 heterocycles. The average Bonchev–Trinajstić information content (AvgIpc) is 3.06. The average molecular weight is 363 g/mol. The standard InChI is InChI=1S/C27H38/c1-10-23-16(3)17(4)26-24(18(5)19(6)25(23)26)20(7)21-13-12-14-22(15-21)27(8,9)11-2/h2,12-18,20,23-26H,6,10H2,1,3-5,7-9H3. The van der Waals surface area contributed by atoms with Crippen molar-refractivity contribution in [2.24, 2.45) is 41.4 Å². The zero-order valence-electron chi connectivity index (χ0n) is 18.4. The maximum atomic E-state index is 5.80. The molecule has 2 aliphatic carbocycles. The Morgan fingerprint density at radius 2 is 1.85 bits per heavy atom. The van der Waals surface area contributed by atoms with Gasteiger partial charge in [-0.15, -0.1) is 6.42 Å². The molecule has 1 aromatic carbocycles. The van der Waals surface area contributed by atoms with Crippen LogP contribution in [0, 0.1) is 53.8 Å². The van der Waals surface area contributed by atoms with Crippen LogP contribution in [0.4, 0.5) is 0 Å². The second-order valence-corrected chi connectivity index (χ2v) is 10.0. The van der Waals surface area contributed by atoms with E-state index in [9.17, 15) is 0 Å². The highest BCUT2D eigenvalue weighted by atomic mass is 14.6. The van der Waals surface area contributed by atoms with E-state index in [1.165, 1.54) is 23.1 Å². The summed E-state index contributed by atoms with van der Waals surface area (Å²) in [4.78, 5) is 0. The van der Waals surface area contributed by atoms with Crippen molar-refractivity contribution in [2.45, 2.75) is 66.2 Å². The fourth-order valence-electron chi connectivity index (χ4n) is 6.58. The second-order valence-electron chi connectivity index (χ2n) is 10.0. The van der Waals surface area contributed by atoms with Gasteiger partial charge in [0.1, 0.15) is 0 Å². The van der Waals surface area contributed by atoms with Crippen molar-refractivity contribution in [3.8, 4) is 12.3 Å². The van der Waals surface area contributed by atoms with Crippen LogP contribution < -0.4 is 0 Å². The van der Waals surface area contributed by atoms with E-state index in [-0.39, 0.29) is 5.41 Å². The molecule has 2 saturated carbocycles. The van der Waals surface area contributed by atoms with Gasteiger partial charge in [-0.25, -0.2) is 0 Å². The Morgan fingerprint density at radius 3 is 2.44 bits per heavy atom. The van der Waals surface area contributed by atoms with E-state index in [4.69, 9.17) is 6.42 Å². The van der Waals surface area contributed by atoms with Crippen LogP contribution >= 0.6 is 0 Å². The number of terminal acetylenes is 1. The monoisotopic (exact) mass is 362 g/mol. The van der Waals surface area contributed by atoms with Crippen LogP contribution in [0.15, 0.2) is 36.4 Å². The van der Waals surface area contributed by atoms with E-state index >= 15 is 0 Å². The summed E-state index contributed by atoms with van der Waals surface area (Å²) >= 11 is 0. The van der Waals surface area contributed by atoms with E-state index in [0.717, 1.165) is 23.7 Å². The molecule has 0 N–H and O–H groups in total. The molecule has 146 valence electrons. The summed E-state index contributed by atoms with van der Waals surface area (Å²) in [7, 11) is 0. The molecule has 0 amide bonds. The highest BCUT2D eigenvalue weighted by Gasteiger charge is 2.56. The first-order valence-corrected chi connectivity index (χ1v) is 10.9. The molecule has 2 aliphatic rings. The lowest BCUT2D eigenvalue weighted by atomic mass is 9.71. The lowest BCUT2D eigenvalue weighted by Crippen LogP contribution is -2.26. The molecule has 0 aliphatic heterocycles. The minimum atomic E-state index is -0.217. The predicted molar refractivity (Wildman–Crippen MR) is 118 cm³/mol. The lowest BCUT2D eigenvalue weighted by molar-refractivity contribution is 0.207. The Morgan fingerprint density at radius 1 is 1.19 bits per heavy atom. The fourth-order valence-corrected chi connectivity index (χ4v) is 6.58. The van der Waals surface area contributed by atoms with Gasteiger partial charge in [0.05, 0.1) is 5.41 Å². The van der Waals surface area contributed by atoms with Gasteiger partial charge < -0.3 is 0 Å². The van der Waals surface area contributed by atoms with E-state index in [0.29, 0.717) is 23.7 Å².